The highest BCUT2D eigenvalue weighted by Gasteiger charge is 2.28. The minimum Gasteiger partial charge on any atom is -0.497 e. The van der Waals surface area contributed by atoms with Crippen molar-refractivity contribution >= 4 is 17.7 Å². The Morgan fingerprint density at radius 1 is 1.18 bits per heavy atom. The summed E-state index contributed by atoms with van der Waals surface area (Å²) in [5, 5.41) is 15.6. The van der Waals surface area contributed by atoms with Crippen LogP contribution in [0.25, 0.3) is 0 Å². The zero-order valence-corrected chi connectivity index (χ0v) is 16.3. The third-order valence-electron chi connectivity index (χ3n) is 4.58. The molecule has 1 saturated carbocycles. The van der Waals surface area contributed by atoms with Crippen molar-refractivity contribution in [3.05, 3.63) is 65.7 Å². The fourth-order valence-corrected chi connectivity index (χ4v) is 3.72. The third-order valence-corrected chi connectivity index (χ3v) is 5.51. The number of ether oxygens (including phenoxy) is 1. The molecule has 1 N–H and O–H groups in total. The van der Waals surface area contributed by atoms with Crippen LogP contribution in [0, 0.1) is 0 Å². The van der Waals surface area contributed by atoms with Crippen LogP contribution in [0.4, 0.5) is 0 Å². The van der Waals surface area contributed by atoms with Crippen molar-refractivity contribution in [1.29, 1.82) is 0 Å². The molecule has 8 heteroatoms. The van der Waals surface area contributed by atoms with E-state index in [4.69, 9.17) is 4.74 Å². The number of nitrogens with one attached hydrogen (secondary N) is 1. The van der Waals surface area contributed by atoms with Gasteiger partial charge in [0.25, 0.3) is 0 Å². The number of amides is 1. The van der Waals surface area contributed by atoms with Crippen molar-refractivity contribution in [3.63, 3.8) is 0 Å². The van der Waals surface area contributed by atoms with Crippen LogP contribution < -0.4 is 10.1 Å². The van der Waals surface area contributed by atoms with Crippen LogP contribution in [-0.2, 0) is 4.79 Å². The molecule has 1 heterocycles. The smallest absolute Gasteiger partial charge is 0.231 e. The minimum atomic E-state index is -0.236. The van der Waals surface area contributed by atoms with Gasteiger partial charge in [-0.3, -0.25) is 4.79 Å². The van der Waals surface area contributed by atoms with Gasteiger partial charge >= 0.3 is 0 Å². The molecule has 7 nitrogen and oxygen atoms in total. The van der Waals surface area contributed by atoms with E-state index >= 15 is 0 Å². The number of carbonyl (C=O) groups is 1. The summed E-state index contributed by atoms with van der Waals surface area (Å²) in [6.07, 6.45) is 2.19. The second-order valence-electron chi connectivity index (χ2n) is 6.61. The molecule has 1 aliphatic carbocycles. The molecule has 1 atom stereocenters. The fraction of sp³-hybridized carbons (Fsp3) is 0.300. The molecule has 2 aromatic carbocycles. The van der Waals surface area contributed by atoms with Crippen molar-refractivity contribution in [3.8, 4) is 5.75 Å². The monoisotopic (exact) mass is 395 g/mol. The summed E-state index contributed by atoms with van der Waals surface area (Å²) >= 11 is 1.36. The van der Waals surface area contributed by atoms with E-state index in [1.807, 2.05) is 59.3 Å². The van der Waals surface area contributed by atoms with E-state index in [1.165, 1.54) is 11.8 Å². The fourth-order valence-electron chi connectivity index (χ4n) is 2.96. The molecule has 1 fully saturated rings. The van der Waals surface area contributed by atoms with Crippen LogP contribution in [0.2, 0.25) is 0 Å². The molecule has 0 bridgehead atoms. The Morgan fingerprint density at radius 2 is 1.89 bits per heavy atom. The Labute approximate surface area is 167 Å². The molecule has 0 aliphatic heterocycles. The molecule has 1 aliphatic rings. The van der Waals surface area contributed by atoms with E-state index in [0.29, 0.717) is 11.2 Å². The van der Waals surface area contributed by atoms with Crippen LogP contribution in [0.3, 0.4) is 0 Å². The summed E-state index contributed by atoms with van der Waals surface area (Å²) in [5.74, 6) is 0.969. The zero-order chi connectivity index (χ0) is 19.3. The molecule has 0 radical (unpaired) electrons. The molecule has 0 spiro atoms. The van der Waals surface area contributed by atoms with E-state index < -0.39 is 0 Å². The van der Waals surface area contributed by atoms with E-state index in [2.05, 4.69) is 20.8 Å². The van der Waals surface area contributed by atoms with Crippen LogP contribution in [-0.4, -0.2) is 39.0 Å². The first-order valence-corrected chi connectivity index (χ1v) is 10.1. The first kappa shape index (κ1) is 18.5. The standard InChI is InChI=1S/C20H21N5O2S/c1-27-17-11-7-15(8-12-17)19(14-5-3-2-4-6-14)21-18(26)13-28-20-22-23-24-25(20)16-9-10-16/h2-8,11-12,16,19H,9-10,13H2,1H3,(H,21,26). The number of carbonyl (C=O) groups excluding carboxylic acids is 1. The maximum atomic E-state index is 12.7. The predicted molar refractivity (Wildman–Crippen MR) is 106 cm³/mol. The number of nitrogens with zero attached hydrogens (tertiary/aromatic N) is 4. The summed E-state index contributed by atoms with van der Waals surface area (Å²) in [6, 6.07) is 17.8. The lowest BCUT2D eigenvalue weighted by molar-refractivity contribution is -0.119. The number of aromatic nitrogens is 4. The van der Waals surface area contributed by atoms with Crippen molar-refractivity contribution in [2.24, 2.45) is 0 Å². The van der Waals surface area contributed by atoms with Crippen molar-refractivity contribution in [1.82, 2.24) is 25.5 Å². The molecule has 1 aromatic heterocycles. The number of tetrazole rings is 1. The maximum Gasteiger partial charge on any atom is 0.231 e. The van der Waals surface area contributed by atoms with Gasteiger partial charge in [0.2, 0.25) is 11.1 Å². The van der Waals surface area contributed by atoms with Gasteiger partial charge in [0.15, 0.2) is 0 Å². The van der Waals surface area contributed by atoms with E-state index in [0.717, 1.165) is 29.7 Å². The van der Waals surface area contributed by atoms with E-state index in [-0.39, 0.29) is 17.7 Å². The van der Waals surface area contributed by atoms with Crippen LogP contribution in [0.5, 0.6) is 5.75 Å². The van der Waals surface area contributed by atoms with Crippen LogP contribution in [0.15, 0.2) is 59.8 Å². The second kappa shape index (κ2) is 8.43. The molecule has 1 amide bonds. The number of rotatable bonds is 8. The Balaban J connectivity index is 1.46. The lowest BCUT2D eigenvalue weighted by Crippen LogP contribution is -2.30. The minimum absolute atomic E-state index is 0.0694. The van der Waals surface area contributed by atoms with Gasteiger partial charge in [0.1, 0.15) is 5.75 Å². The second-order valence-corrected chi connectivity index (χ2v) is 7.55. The maximum absolute atomic E-state index is 12.7. The summed E-state index contributed by atoms with van der Waals surface area (Å²) in [5.41, 5.74) is 2.02. The van der Waals surface area contributed by atoms with Crippen molar-refractivity contribution in [2.45, 2.75) is 30.1 Å². The highest BCUT2D eigenvalue weighted by molar-refractivity contribution is 7.99. The van der Waals surface area contributed by atoms with Gasteiger partial charge in [-0.05, 0) is 46.5 Å². The highest BCUT2D eigenvalue weighted by atomic mass is 32.2. The number of benzene rings is 2. The van der Waals surface area contributed by atoms with Gasteiger partial charge in [-0.1, -0.05) is 54.2 Å². The lowest BCUT2D eigenvalue weighted by atomic mass is 9.98. The Bertz CT molecular complexity index is 925. The van der Waals surface area contributed by atoms with E-state index in [1.54, 1.807) is 7.11 Å². The summed E-state index contributed by atoms with van der Waals surface area (Å²) in [7, 11) is 1.64. The molecular formula is C20H21N5O2S. The first-order chi connectivity index (χ1) is 13.7. The van der Waals surface area contributed by atoms with Gasteiger partial charge in [-0.2, -0.15) is 0 Å². The summed E-state index contributed by atoms with van der Waals surface area (Å²) in [6.45, 7) is 0. The molecule has 144 valence electrons. The SMILES string of the molecule is COc1ccc(C(NC(=O)CSc2nnnn2C2CC2)c2ccccc2)cc1. The Morgan fingerprint density at radius 3 is 2.57 bits per heavy atom. The van der Waals surface area contributed by atoms with Crippen molar-refractivity contribution in [2.75, 3.05) is 12.9 Å². The van der Waals surface area contributed by atoms with Gasteiger partial charge in [-0.25, -0.2) is 4.68 Å². The molecule has 1 unspecified atom stereocenters. The Hall–Kier alpha value is -2.87. The predicted octanol–water partition coefficient (Wildman–Crippen LogP) is 3.01. The van der Waals surface area contributed by atoms with Crippen LogP contribution in [0.1, 0.15) is 36.1 Å². The topological polar surface area (TPSA) is 81.9 Å². The lowest BCUT2D eigenvalue weighted by Gasteiger charge is -2.20. The molecule has 28 heavy (non-hydrogen) atoms. The normalized spacial score (nSPS) is 14.5. The number of hydrogen-bond donors (Lipinski definition) is 1. The van der Waals surface area contributed by atoms with Crippen LogP contribution >= 0.6 is 11.8 Å². The number of thioether (sulfide) groups is 1. The summed E-state index contributed by atoms with van der Waals surface area (Å²) in [4.78, 5) is 12.7. The van der Waals surface area contributed by atoms with Gasteiger partial charge in [0.05, 0.1) is 24.9 Å². The largest absolute Gasteiger partial charge is 0.497 e. The molecule has 3 aromatic rings. The van der Waals surface area contributed by atoms with Gasteiger partial charge in [0, 0.05) is 0 Å². The number of methoxy groups -OCH3 is 1. The first-order valence-electron chi connectivity index (χ1n) is 9.13. The average Bonchev–Trinajstić information content (AvgIpc) is 3.49. The zero-order valence-electron chi connectivity index (χ0n) is 15.5. The average molecular weight is 395 g/mol. The highest BCUT2D eigenvalue weighted by Crippen LogP contribution is 2.36. The third kappa shape index (κ3) is 4.33. The number of hydrogen-bond acceptors (Lipinski definition) is 6. The molecule has 4 rings (SSSR count). The van der Waals surface area contributed by atoms with Gasteiger partial charge in [-0.15, -0.1) is 5.10 Å². The van der Waals surface area contributed by atoms with Crippen molar-refractivity contribution < 1.29 is 9.53 Å². The Kier molecular flexibility index (Phi) is 5.57. The molecular weight excluding hydrogens is 374 g/mol. The molecule has 0 saturated heterocycles. The van der Waals surface area contributed by atoms with Gasteiger partial charge < -0.3 is 10.1 Å². The quantitative estimate of drug-likeness (QED) is 0.591. The summed E-state index contributed by atoms with van der Waals surface area (Å²) < 4.78 is 7.05. The van der Waals surface area contributed by atoms with E-state index in [9.17, 15) is 4.79 Å².